The summed E-state index contributed by atoms with van der Waals surface area (Å²) in [5.74, 6) is 0.884. The van der Waals surface area contributed by atoms with E-state index in [9.17, 15) is 0 Å². The Morgan fingerprint density at radius 1 is 1.13 bits per heavy atom. The molecule has 0 amide bonds. The van der Waals surface area contributed by atoms with Gasteiger partial charge in [-0.2, -0.15) is 0 Å². The van der Waals surface area contributed by atoms with E-state index >= 15 is 0 Å². The molecule has 5 heteroatoms. The molecule has 128 valence electrons. The Labute approximate surface area is 145 Å². The summed E-state index contributed by atoms with van der Waals surface area (Å²) in [6.45, 7) is 7.27. The maximum absolute atomic E-state index is 5.43. The zero-order valence-electron chi connectivity index (χ0n) is 14.1. The number of hydrogen-bond acceptors (Lipinski definition) is 3. The number of hydrogen-bond donors (Lipinski definition) is 2. The zero-order chi connectivity index (χ0) is 16.3. The molecular weight excluding hydrogens is 306 g/mol. The minimum atomic E-state index is 0.684. The average Bonchev–Trinajstić information content (AvgIpc) is 2.82. The number of ether oxygens (including phenoxy) is 1. The molecule has 1 aromatic carbocycles. The molecule has 4 nitrogen and oxygen atoms in total. The first-order chi connectivity index (χ1) is 11.3. The average molecular weight is 336 g/mol. The number of likely N-dealkylation sites (tertiary alicyclic amines) is 1. The monoisotopic (exact) mass is 335 g/mol. The summed E-state index contributed by atoms with van der Waals surface area (Å²) in [5.41, 5.74) is 0.985. The summed E-state index contributed by atoms with van der Waals surface area (Å²) < 4.78 is 5.43. The highest BCUT2D eigenvalue weighted by atomic mass is 32.1. The van der Waals surface area contributed by atoms with Crippen LogP contribution in [0.1, 0.15) is 39.0 Å². The second-order valence-corrected chi connectivity index (χ2v) is 6.36. The van der Waals surface area contributed by atoms with Gasteiger partial charge in [0.2, 0.25) is 0 Å². The number of nitrogens with one attached hydrogen (secondary N) is 2. The van der Waals surface area contributed by atoms with Gasteiger partial charge < -0.3 is 20.3 Å². The van der Waals surface area contributed by atoms with Gasteiger partial charge in [0.25, 0.3) is 0 Å². The Morgan fingerprint density at radius 2 is 1.83 bits per heavy atom. The van der Waals surface area contributed by atoms with E-state index in [1.807, 2.05) is 31.2 Å². The van der Waals surface area contributed by atoms with Crippen LogP contribution in [0.5, 0.6) is 5.75 Å². The van der Waals surface area contributed by atoms with E-state index in [0.717, 1.165) is 24.4 Å². The lowest BCUT2D eigenvalue weighted by atomic mass is 10.2. The molecule has 0 saturated carbocycles. The molecule has 1 heterocycles. The molecule has 0 aliphatic carbocycles. The lowest BCUT2D eigenvalue weighted by Gasteiger charge is -2.19. The fraction of sp³-hybridized carbons (Fsp3) is 0.611. The van der Waals surface area contributed by atoms with E-state index in [2.05, 4.69) is 15.5 Å². The number of benzene rings is 1. The molecule has 23 heavy (non-hydrogen) atoms. The fourth-order valence-corrected chi connectivity index (χ4v) is 3.06. The number of rotatable bonds is 7. The van der Waals surface area contributed by atoms with E-state index < -0.39 is 0 Å². The van der Waals surface area contributed by atoms with Gasteiger partial charge in [-0.15, -0.1) is 0 Å². The predicted octanol–water partition coefficient (Wildman–Crippen LogP) is 3.64. The standard InChI is InChI=1S/C18H29N3OS/c1-2-22-17-10-8-16(9-11-17)20-18(23)19-12-7-15-21-13-5-3-4-6-14-21/h8-11H,2-7,12-15H2,1H3,(H2,19,20,23). The number of nitrogens with zero attached hydrogens (tertiary/aromatic N) is 1. The van der Waals surface area contributed by atoms with Gasteiger partial charge in [0.1, 0.15) is 5.75 Å². The van der Waals surface area contributed by atoms with E-state index in [1.165, 1.54) is 45.3 Å². The van der Waals surface area contributed by atoms with Gasteiger partial charge in [0.15, 0.2) is 5.11 Å². The summed E-state index contributed by atoms with van der Waals surface area (Å²) in [7, 11) is 0. The molecule has 0 aromatic heterocycles. The van der Waals surface area contributed by atoms with Gasteiger partial charge in [-0.3, -0.25) is 0 Å². The molecule has 0 spiro atoms. The summed E-state index contributed by atoms with van der Waals surface area (Å²) in [6, 6.07) is 7.87. The van der Waals surface area contributed by atoms with Crippen LogP contribution in [0.15, 0.2) is 24.3 Å². The topological polar surface area (TPSA) is 36.5 Å². The predicted molar refractivity (Wildman–Crippen MR) is 101 cm³/mol. The number of anilines is 1. The minimum absolute atomic E-state index is 0.684. The molecule has 1 aliphatic rings. The van der Waals surface area contributed by atoms with Crippen LogP contribution in [0.4, 0.5) is 5.69 Å². The highest BCUT2D eigenvalue weighted by Crippen LogP contribution is 2.15. The van der Waals surface area contributed by atoms with E-state index in [4.69, 9.17) is 17.0 Å². The van der Waals surface area contributed by atoms with Gasteiger partial charge in [-0.1, -0.05) is 12.8 Å². The second kappa shape index (κ2) is 10.4. The molecular formula is C18H29N3OS. The van der Waals surface area contributed by atoms with Gasteiger partial charge in [0, 0.05) is 12.2 Å². The van der Waals surface area contributed by atoms with Crippen molar-refractivity contribution in [2.45, 2.75) is 39.0 Å². The Morgan fingerprint density at radius 3 is 2.48 bits per heavy atom. The summed E-state index contributed by atoms with van der Waals surface area (Å²) >= 11 is 5.34. The largest absolute Gasteiger partial charge is 0.494 e. The third kappa shape index (κ3) is 7.18. The first kappa shape index (κ1) is 18.0. The molecule has 0 unspecified atom stereocenters. The lowest BCUT2D eigenvalue weighted by molar-refractivity contribution is 0.282. The van der Waals surface area contributed by atoms with Crippen LogP contribution in [0, 0.1) is 0 Å². The Bertz CT molecular complexity index is 456. The molecule has 0 atom stereocenters. The van der Waals surface area contributed by atoms with E-state index in [0.29, 0.717) is 11.7 Å². The van der Waals surface area contributed by atoms with Gasteiger partial charge >= 0.3 is 0 Å². The van der Waals surface area contributed by atoms with Crippen LogP contribution in [0.2, 0.25) is 0 Å². The summed E-state index contributed by atoms with van der Waals surface area (Å²) in [6.07, 6.45) is 6.62. The highest BCUT2D eigenvalue weighted by molar-refractivity contribution is 7.80. The normalized spacial score (nSPS) is 15.7. The SMILES string of the molecule is CCOc1ccc(NC(=S)NCCCN2CCCCCC2)cc1. The van der Waals surface area contributed by atoms with Crippen LogP contribution in [0.3, 0.4) is 0 Å². The van der Waals surface area contributed by atoms with Crippen molar-refractivity contribution in [2.24, 2.45) is 0 Å². The molecule has 1 fully saturated rings. The van der Waals surface area contributed by atoms with Crippen molar-refractivity contribution in [3.8, 4) is 5.75 Å². The molecule has 0 bridgehead atoms. The Balaban J connectivity index is 1.60. The molecule has 2 rings (SSSR count). The highest BCUT2D eigenvalue weighted by Gasteiger charge is 2.08. The third-order valence-electron chi connectivity index (χ3n) is 4.06. The van der Waals surface area contributed by atoms with Crippen molar-refractivity contribution in [3.05, 3.63) is 24.3 Å². The van der Waals surface area contributed by atoms with E-state index in [1.54, 1.807) is 0 Å². The first-order valence-corrected chi connectivity index (χ1v) is 9.19. The van der Waals surface area contributed by atoms with Crippen molar-refractivity contribution < 1.29 is 4.74 Å². The summed E-state index contributed by atoms with van der Waals surface area (Å²) in [5, 5.41) is 7.18. The number of thiocarbonyl (C=S) groups is 1. The molecule has 0 radical (unpaired) electrons. The van der Waals surface area contributed by atoms with Gasteiger partial charge in [-0.25, -0.2) is 0 Å². The van der Waals surface area contributed by atoms with Crippen molar-refractivity contribution in [1.29, 1.82) is 0 Å². The van der Waals surface area contributed by atoms with Crippen LogP contribution >= 0.6 is 12.2 Å². The maximum atomic E-state index is 5.43. The molecule has 1 aromatic rings. The van der Waals surface area contributed by atoms with Crippen molar-refractivity contribution in [1.82, 2.24) is 10.2 Å². The molecule has 2 N–H and O–H groups in total. The van der Waals surface area contributed by atoms with Crippen molar-refractivity contribution >= 4 is 23.0 Å². The Hall–Kier alpha value is -1.33. The van der Waals surface area contributed by atoms with E-state index in [-0.39, 0.29) is 0 Å². The van der Waals surface area contributed by atoms with Crippen molar-refractivity contribution in [2.75, 3.05) is 38.1 Å². The summed E-state index contributed by atoms with van der Waals surface area (Å²) in [4.78, 5) is 2.58. The van der Waals surface area contributed by atoms with Crippen molar-refractivity contribution in [3.63, 3.8) is 0 Å². The first-order valence-electron chi connectivity index (χ1n) is 8.78. The van der Waals surface area contributed by atoms with Gasteiger partial charge in [0.05, 0.1) is 6.61 Å². The quantitative estimate of drug-likeness (QED) is 0.588. The minimum Gasteiger partial charge on any atom is -0.494 e. The van der Waals surface area contributed by atoms with Gasteiger partial charge in [-0.05, 0) is 82.3 Å². The maximum Gasteiger partial charge on any atom is 0.170 e. The second-order valence-electron chi connectivity index (χ2n) is 5.95. The Kier molecular flexibility index (Phi) is 8.18. The fourth-order valence-electron chi connectivity index (χ4n) is 2.84. The third-order valence-corrected chi connectivity index (χ3v) is 4.30. The van der Waals surface area contributed by atoms with Crippen LogP contribution in [-0.4, -0.2) is 42.8 Å². The molecule has 1 aliphatic heterocycles. The van der Waals surface area contributed by atoms with Crippen LogP contribution in [-0.2, 0) is 0 Å². The van der Waals surface area contributed by atoms with Crippen LogP contribution in [0.25, 0.3) is 0 Å². The lowest BCUT2D eigenvalue weighted by Crippen LogP contribution is -2.32. The zero-order valence-corrected chi connectivity index (χ0v) is 15.0. The molecule has 1 saturated heterocycles. The van der Waals surface area contributed by atoms with Crippen LogP contribution < -0.4 is 15.4 Å². The smallest absolute Gasteiger partial charge is 0.170 e.